The number of benzene rings is 2. The molecule has 0 aliphatic carbocycles. The van der Waals surface area contributed by atoms with E-state index in [2.05, 4.69) is 4.74 Å². The van der Waals surface area contributed by atoms with Crippen LogP contribution in [0.3, 0.4) is 0 Å². The minimum atomic E-state index is -4.77. The molecular formula is C21H17F7O3S. The second kappa shape index (κ2) is 9.51. The second-order valence-corrected chi connectivity index (χ2v) is 7.48. The number of halogens is 7. The molecule has 0 fully saturated rings. The predicted octanol–water partition coefficient (Wildman–Crippen LogP) is 7.25. The third-order valence-corrected chi connectivity index (χ3v) is 5.22. The quantitative estimate of drug-likeness (QED) is 0.333. The molecule has 0 spiro atoms. The number of carbonyl (C=O) groups is 2. The van der Waals surface area contributed by atoms with Crippen molar-refractivity contribution < 1.29 is 45.1 Å². The Morgan fingerprint density at radius 2 is 1.47 bits per heavy atom. The van der Waals surface area contributed by atoms with Gasteiger partial charge in [0.25, 0.3) is 0 Å². The number of ketones is 2. The van der Waals surface area contributed by atoms with Gasteiger partial charge in [-0.2, -0.15) is 30.7 Å². The van der Waals surface area contributed by atoms with Crippen molar-refractivity contribution in [3.05, 3.63) is 59.2 Å². The predicted molar refractivity (Wildman–Crippen MR) is 104 cm³/mol. The summed E-state index contributed by atoms with van der Waals surface area (Å²) in [5, 5.41) is -4.48. The van der Waals surface area contributed by atoms with E-state index in [-0.39, 0.29) is 16.0 Å². The topological polar surface area (TPSA) is 43.4 Å². The maximum atomic E-state index is 13.3. The van der Waals surface area contributed by atoms with Crippen LogP contribution in [-0.2, 0) is 6.18 Å². The van der Waals surface area contributed by atoms with Gasteiger partial charge < -0.3 is 4.74 Å². The van der Waals surface area contributed by atoms with Crippen molar-refractivity contribution in [2.75, 3.05) is 0 Å². The van der Waals surface area contributed by atoms with Gasteiger partial charge in [-0.05, 0) is 36.0 Å². The van der Waals surface area contributed by atoms with E-state index >= 15 is 0 Å². The number of rotatable bonds is 5. The first-order valence-corrected chi connectivity index (χ1v) is 10.1. The maximum absolute atomic E-state index is 13.3. The minimum absolute atomic E-state index is 0.160. The third kappa shape index (κ3) is 5.62. The molecule has 11 heteroatoms. The lowest BCUT2D eigenvalue weighted by Crippen LogP contribution is -2.45. The van der Waals surface area contributed by atoms with Crippen molar-refractivity contribution in [1.82, 2.24) is 0 Å². The van der Waals surface area contributed by atoms with Crippen molar-refractivity contribution in [3.63, 3.8) is 0 Å². The van der Waals surface area contributed by atoms with Crippen LogP contribution in [0.1, 0.15) is 53.0 Å². The fraction of sp³-hybridized carbons (Fsp3) is 0.333. The number of hydrogen-bond acceptors (Lipinski definition) is 4. The van der Waals surface area contributed by atoms with E-state index in [1.807, 2.05) is 13.8 Å². The highest BCUT2D eigenvalue weighted by molar-refractivity contribution is 8.00. The maximum Gasteiger partial charge on any atom is 0.475 e. The number of carbonyl (C=O) groups excluding carboxylic acids is 2. The molecule has 0 N–H and O–H groups in total. The zero-order valence-electron chi connectivity index (χ0n) is 16.7. The lowest BCUT2D eigenvalue weighted by atomic mass is 10.00. The second-order valence-electron chi connectivity index (χ2n) is 6.32. The minimum Gasteiger partial charge on any atom is -0.426 e. The van der Waals surface area contributed by atoms with Crippen LogP contribution in [0.25, 0.3) is 0 Å². The Hall–Kier alpha value is -2.56. The monoisotopic (exact) mass is 482 g/mol. The summed E-state index contributed by atoms with van der Waals surface area (Å²) in [5.74, 6) is -2.01. The lowest BCUT2D eigenvalue weighted by molar-refractivity contribution is -0.273. The summed E-state index contributed by atoms with van der Waals surface area (Å²) in [6, 6.07) is 6.70. The highest BCUT2D eigenvalue weighted by atomic mass is 32.2. The van der Waals surface area contributed by atoms with Crippen molar-refractivity contribution in [2.45, 2.75) is 49.1 Å². The van der Waals surface area contributed by atoms with Crippen LogP contribution in [0, 0.1) is 0 Å². The van der Waals surface area contributed by atoms with Gasteiger partial charge >= 0.3 is 17.5 Å². The van der Waals surface area contributed by atoms with Gasteiger partial charge in [0, 0.05) is 24.0 Å². The van der Waals surface area contributed by atoms with Crippen LogP contribution >= 0.6 is 11.8 Å². The molecule has 3 nitrogen and oxygen atoms in total. The standard InChI is InChI=1S/C19H11F7O3S.C2H6/c20-17(21,22)12-3-1-2-10(8-12)13(27)5-6-14(28)11-4-7-16-15(9-11)29-18(23,24)19(25,26)30-16;1-2/h1-4,7-9H,5-6H2;1-2H3. The highest BCUT2D eigenvalue weighted by Gasteiger charge is 2.63. The molecule has 0 radical (unpaired) electrons. The smallest absolute Gasteiger partial charge is 0.426 e. The van der Waals surface area contributed by atoms with Crippen LogP contribution in [-0.4, -0.2) is 22.9 Å². The molecular weight excluding hydrogens is 465 g/mol. The Labute approximate surface area is 182 Å². The van der Waals surface area contributed by atoms with Gasteiger partial charge in [-0.1, -0.05) is 32.0 Å². The lowest BCUT2D eigenvalue weighted by Gasteiger charge is -2.31. The van der Waals surface area contributed by atoms with Crippen LogP contribution in [0.15, 0.2) is 47.4 Å². The number of Topliss-reactive ketones (excluding diaryl/α,β-unsaturated/α-hetero) is 2. The molecule has 1 aliphatic heterocycles. The van der Waals surface area contributed by atoms with E-state index < -0.39 is 65.0 Å². The summed E-state index contributed by atoms with van der Waals surface area (Å²) in [5.41, 5.74) is -1.40. The largest absolute Gasteiger partial charge is 0.475 e. The molecule has 0 unspecified atom stereocenters. The molecule has 0 amide bonds. The summed E-state index contributed by atoms with van der Waals surface area (Å²) in [6.07, 6.45) is -10.3. The zero-order chi connectivity index (χ0) is 24.3. The van der Waals surface area contributed by atoms with Crippen molar-refractivity contribution in [1.29, 1.82) is 0 Å². The summed E-state index contributed by atoms with van der Waals surface area (Å²) >= 11 is -0.405. The molecule has 0 aromatic heterocycles. The van der Waals surface area contributed by atoms with Gasteiger partial charge in [-0.25, -0.2) is 0 Å². The Morgan fingerprint density at radius 1 is 0.906 bits per heavy atom. The van der Waals surface area contributed by atoms with Gasteiger partial charge in [0.05, 0.1) is 10.5 Å². The summed E-state index contributed by atoms with van der Waals surface area (Å²) in [7, 11) is 0. The summed E-state index contributed by atoms with van der Waals surface area (Å²) < 4.78 is 95.5. The summed E-state index contributed by atoms with van der Waals surface area (Å²) in [4.78, 5) is 24.1. The molecule has 2 aromatic rings. The molecule has 0 atom stereocenters. The van der Waals surface area contributed by atoms with Crippen LogP contribution in [0.5, 0.6) is 5.75 Å². The molecule has 0 bridgehead atoms. The average molecular weight is 482 g/mol. The van der Waals surface area contributed by atoms with Crippen LogP contribution in [0.2, 0.25) is 0 Å². The van der Waals surface area contributed by atoms with E-state index in [0.717, 1.165) is 30.3 Å². The van der Waals surface area contributed by atoms with Gasteiger partial charge in [0.2, 0.25) is 0 Å². The first-order valence-electron chi connectivity index (χ1n) is 9.31. The number of thioether (sulfide) groups is 1. The fourth-order valence-corrected chi connectivity index (χ4v) is 3.40. The Kier molecular flexibility index (Phi) is 7.64. The van der Waals surface area contributed by atoms with E-state index in [1.165, 1.54) is 6.07 Å². The van der Waals surface area contributed by atoms with E-state index in [9.17, 15) is 40.3 Å². The number of hydrogen-bond donors (Lipinski definition) is 0. The third-order valence-electron chi connectivity index (χ3n) is 4.17. The van der Waals surface area contributed by atoms with Crippen molar-refractivity contribution in [2.24, 2.45) is 0 Å². The van der Waals surface area contributed by atoms with Gasteiger partial charge in [0.15, 0.2) is 11.6 Å². The van der Waals surface area contributed by atoms with Gasteiger partial charge in [-0.3, -0.25) is 9.59 Å². The van der Waals surface area contributed by atoms with E-state index in [1.54, 1.807) is 0 Å². The molecule has 1 aliphatic rings. The Balaban J connectivity index is 0.00000176. The number of fused-ring (bicyclic) bond motifs is 1. The SMILES string of the molecule is CC.O=C(CCC(=O)c1ccc2c(c1)OC(F)(F)C(F)(F)S2)c1cccc(C(F)(F)F)c1. The molecule has 1 heterocycles. The normalized spacial score (nSPS) is 16.2. The Bertz CT molecular complexity index is 1000. The molecule has 32 heavy (non-hydrogen) atoms. The van der Waals surface area contributed by atoms with Gasteiger partial charge in [-0.15, -0.1) is 0 Å². The Morgan fingerprint density at radius 3 is 2.03 bits per heavy atom. The van der Waals surface area contributed by atoms with Crippen molar-refractivity contribution in [3.8, 4) is 5.75 Å². The zero-order valence-corrected chi connectivity index (χ0v) is 17.6. The molecule has 2 aromatic carbocycles. The number of alkyl halides is 7. The van der Waals surface area contributed by atoms with Crippen LogP contribution in [0.4, 0.5) is 30.7 Å². The summed E-state index contributed by atoms with van der Waals surface area (Å²) in [6.45, 7) is 4.00. The molecule has 0 saturated carbocycles. The molecule has 0 saturated heterocycles. The van der Waals surface area contributed by atoms with Crippen LogP contribution < -0.4 is 4.74 Å². The highest BCUT2D eigenvalue weighted by Crippen LogP contribution is 2.54. The molecule has 3 rings (SSSR count). The fourth-order valence-electron chi connectivity index (χ4n) is 2.63. The van der Waals surface area contributed by atoms with Gasteiger partial charge in [0.1, 0.15) is 5.75 Å². The first kappa shape index (κ1) is 25.7. The van der Waals surface area contributed by atoms with E-state index in [4.69, 9.17) is 0 Å². The average Bonchev–Trinajstić information content (AvgIpc) is 2.72. The molecule has 174 valence electrons. The number of ether oxygens (including phenoxy) is 1. The first-order chi connectivity index (χ1) is 14.8. The van der Waals surface area contributed by atoms with E-state index in [0.29, 0.717) is 6.07 Å². The van der Waals surface area contributed by atoms with Crippen molar-refractivity contribution >= 4 is 23.3 Å².